The zero-order valence-corrected chi connectivity index (χ0v) is 25.8. The molecule has 0 aliphatic carbocycles. The highest BCUT2D eigenvalue weighted by atomic mass is 15.0. The summed E-state index contributed by atoms with van der Waals surface area (Å²) in [5.74, 6) is 0. The minimum absolute atomic E-state index is 0.591. The first-order chi connectivity index (χ1) is 23.7. The summed E-state index contributed by atoms with van der Waals surface area (Å²) in [6.07, 6.45) is 0. The minimum atomic E-state index is 0.591. The fraction of sp³-hybridized carbons (Fsp3) is 0. The summed E-state index contributed by atoms with van der Waals surface area (Å²) in [6, 6.07) is 59.0. The topological polar surface area (TPSA) is 57.4 Å². The first-order valence-electron chi connectivity index (χ1n) is 15.9. The molecule has 0 N–H and O–H groups in total. The van der Waals surface area contributed by atoms with Crippen LogP contribution in [0, 0.1) is 22.7 Å². The molecule has 0 spiro atoms. The first kappa shape index (κ1) is 27.4. The van der Waals surface area contributed by atoms with Gasteiger partial charge in [0.05, 0.1) is 51.0 Å². The molecule has 0 fully saturated rings. The molecule has 0 saturated heterocycles. The Bertz CT molecular complexity index is 2750. The third-order valence-corrected chi connectivity index (χ3v) is 9.40. The molecule has 9 aromatic rings. The quantitative estimate of drug-likeness (QED) is 0.199. The van der Waals surface area contributed by atoms with E-state index in [1.807, 2.05) is 42.5 Å². The summed E-state index contributed by atoms with van der Waals surface area (Å²) < 4.78 is 4.54. The summed E-state index contributed by atoms with van der Waals surface area (Å²) in [5, 5.41) is 24.3. The highest BCUT2D eigenvalue weighted by Gasteiger charge is 2.18. The van der Waals surface area contributed by atoms with Gasteiger partial charge in [-0.25, -0.2) is 0 Å². The van der Waals surface area contributed by atoms with E-state index in [1.54, 1.807) is 0 Å². The van der Waals surface area contributed by atoms with Crippen LogP contribution in [0.5, 0.6) is 0 Å². The number of fused-ring (bicyclic) bond motifs is 6. The van der Waals surface area contributed by atoms with E-state index in [2.05, 4.69) is 137 Å². The summed E-state index contributed by atoms with van der Waals surface area (Å²) in [4.78, 5) is 0. The number of hydrogen-bond donors (Lipinski definition) is 0. The normalized spacial score (nSPS) is 11.3. The van der Waals surface area contributed by atoms with Gasteiger partial charge in [0.2, 0.25) is 0 Å². The lowest BCUT2D eigenvalue weighted by Crippen LogP contribution is -1.98. The number of hydrogen-bond acceptors (Lipinski definition) is 2. The van der Waals surface area contributed by atoms with Gasteiger partial charge >= 0.3 is 0 Å². The predicted octanol–water partition coefficient (Wildman–Crippen LogP) is 11.0. The van der Waals surface area contributed by atoms with Crippen LogP contribution in [0.15, 0.2) is 158 Å². The third kappa shape index (κ3) is 4.14. The molecular weight excluding hydrogens is 585 g/mol. The molecule has 222 valence electrons. The molecule has 4 nitrogen and oxygen atoms in total. The largest absolute Gasteiger partial charge is 0.309 e. The van der Waals surface area contributed by atoms with Crippen LogP contribution in [-0.4, -0.2) is 9.13 Å². The van der Waals surface area contributed by atoms with E-state index in [9.17, 15) is 10.5 Å². The maximum absolute atomic E-state index is 9.98. The second kappa shape index (κ2) is 10.9. The fourth-order valence-electron chi connectivity index (χ4n) is 7.27. The molecule has 2 heterocycles. The van der Waals surface area contributed by atoms with Gasteiger partial charge in [0.1, 0.15) is 0 Å². The lowest BCUT2D eigenvalue weighted by molar-refractivity contribution is 1.18. The highest BCUT2D eigenvalue weighted by Crippen LogP contribution is 2.39. The molecule has 0 aliphatic heterocycles. The predicted molar refractivity (Wildman–Crippen MR) is 195 cm³/mol. The van der Waals surface area contributed by atoms with Gasteiger partial charge in [0.15, 0.2) is 0 Å². The van der Waals surface area contributed by atoms with Crippen molar-refractivity contribution < 1.29 is 0 Å². The summed E-state index contributed by atoms with van der Waals surface area (Å²) in [5.41, 5.74) is 11.8. The maximum Gasteiger partial charge on any atom is 0.0998 e. The molecule has 4 heteroatoms. The number of nitrogens with zero attached hydrogens (tertiary/aromatic N) is 4. The molecule has 9 rings (SSSR count). The Labute approximate surface area is 277 Å². The Morgan fingerprint density at radius 3 is 1.71 bits per heavy atom. The molecule has 7 aromatic carbocycles. The SMILES string of the molecule is N#Cc1ccc(-n2c3ccccc3c3c(C#N)cccc32)c(-c2cccc(-c3ccc(-n4c5ccccc5c5ccccc54)cc3)c2)c1. The van der Waals surface area contributed by atoms with Crippen molar-refractivity contribution in [2.75, 3.05) is 0 Å². The average molecular weight is 611 g/mol. The van der Waals surface area contributed by atoms with Crippen LogP contribution >= 0.6 is 0 Å². The van der Waals surface area contributed by atoms with E-state index in [0.717, 1.165) is 55.4 Å². The van der Waals surface area contributed by atoms with E-state index >= 15 is 0 Å². The van der Waals surface area contributed by atoms with Crippen LogP contribution < -0.4 is 0 Å². The maximum atomic E-state index is 9.98. The van der Waals surface area contributed by atoms with Crippen LogP contribution in [0.3, 0.4) is 0 Å². The number of benzene rings is 7. The molecule has 0 aliphatic rings. The van der Waals surface area contributed by atoms with Crippen molar-refractivity contribution in [1.82, 2.24) is 9.13 Å². The molecular formula is C44H26N4. The van der Waals surface area contributed by atoms with Gasteiger partial charge in [0.25, 0.3) is 0 Å². The van der Waals surface area contributed by atoms with Crippen molar-refractivity contribution in [1.29, 1.82) is 10.5 Å². The van der Waals surface area contributed by atoms with Gasteiger partial charge in [-0.15, -0.1) is 0 Å². The molecule has 0 amide bonds. The summed E-state index contributed by atoms with van der Waals surface area (Å²) in [6.45, 7) is 0. The lowest BCUT2D eigenvalue weighted by atomic mass is 9.96. The van der Waals surface area contributed by atoms with Crippen molar-refractivity contribution in [3.63, 3.8) is 0 Å². The second-order valence-corrected chi connectivity index (χ2v) is 12.0. The second-order valence-electron chi connectivity index (χ2n) is 12.0. The van der Waals surface area contributed by atoms with Gasteiger partial charge in [-0.2, -0.15) is 10.5 Å². The standard InChI is InChI=1S/C44H26N4/c45-27-29-19-24-42(48-41-17-6-3-14-37(41)44-33(28-46)11-8-18-43(44)48)38(25-29)32-10-7-9-31(26-32)30-20-22-34(23-21-30)47-39-15-4-1-12-35(39)36-13-2-5-16-40(36)47/h1-26H. The van der Waals surface area contributed by atoms with E-state index in [4.69, 9.17) is 0 Å². The monoisotopic (exact) mass is 610 g/mol. The van der Waals surface area contributed by atoms with E-state index in [1.165, 1.54) is 21.8 Å². The average Bonchev–Trinajstić information content (AvgIpc) is 3.68. The molecule has 0 atom stereocenters. The third-order valence-electron chi connectivity index (χ3n) is 9.40. The Balaban J connectivity index is 1.19. The van der Waals surface area contributed by atoms with E-state index < -0.39 is 0 Å². The van der Waals surface area contributed by atoms with Gasteiger partial charge < -0.3 is 9.13 Å². The van der Waals surface area contributed by atoms with Gasteiger partial charge in [-0.05, 0) is 83.4 Å². The Morgan fingerprint density at radius 2 is 1.02 bits per heavy atom. The summed E-state index contributed by atoms with van der Waals surface area (Å²) in [7, 11) is 0. The number of nitriles is 2. The van der Waals surface area contributed by atoms with Crippen LogP contribution in [0.1, 0.15) is 11.1 Å². The molecule has 48 heavy (non-hydrogen) atoms. The minimum Gasteiger partial charge on any atom is -0.309 e. The van der Waals surface area contributed by atoms with Crippen molar-refractivity contribution in [3.05, 3.63) is 169 Å². The molecule has 0 bridgehead atoms. The Kier molecular flexibility index (Phi) is 6.22. The number of rotatable bonds is 4. The van der Waals surface area contributed by atoms with E-state index in [-0.39, 0.29) is 0 Å². The molecule has 0 radical (unpaired) electrons. The van der Waals surface area contributed by atoms with Gasteiger partial charge in [-0.1, -0.05) is 91.0 Å². The number of aromatic nitrogens is 2. The van der Waals surface area contributed by atoms with Crippen LogP contribution in [-0.2, 0) is 0 Å². The highest BCUT2D eigenvalue weighted by molar-refractivity contribution is 6.12. The summed E-state index contributed by atoms with van der Waals surface area (Å²) >= 11 is 0. The van der Waals surface area contributed by atoms with Crippen molar-refractivity contribution in [3.8, 4) is 45.8 Å². The van der Waals surface area contributed by atoms with Crippen LogP contribution in [0.4, 0.5) is 0 Å². The van der Waals surface area contributed by atoms with Crippen molar-refractivity contribution in [2.45, 2.75) is 0 Å². The molecule has 0 unspecified atom stereocenters. The first-order valence-corrected chi connectivity index (χ1v) is 15.9. The van der Waals surface area contributed by atoms with Gasteiger partial charge in [0, 0.05) is 32.8 Å². The van der Waals surface area contributed by atoms with Gasteiger partial charge in [-0.3, -0.25) is 0 Å². The smallest absolute Gasteiger partial charge is 0.0998 e. The Morgan fingerprint density at radius 1 is 0.417 bits per heavy atom. The van der Waals surface area contributed by atoms with Crippen molar-refractivity contribution in [2.24, 2.45) is 0 Å². The molecule has 2 aromatic heterocycles. The fourth-order valence-corrected chi connectivity index (χ4v) is 7.27. The Hall–Kier alpha value is -6.88. The van der Waals surface area contributed by atoms with Crippen molar-refractivity contribution >= 4 is 43.6 Å². The lowest BCUT2D eigenvalue weighted by Gasteiger charge is -2.16. The van der Waals surface area contributed by atoms with E-state index in [0.29, 0.717) is 11.1 Å². The van der Waals surface area contributed by atoms with Crippen LogP contribution in [0.2, 0.25) is 0 Å². The van der Waals surface area contributed by atoms with Crippen LogP contribution in [0.25, 0.3) is 77.2 Å². The number of para-hydroxylation sites is 3. The molecule has 0 saturated carbocycles. The zero-order chi connectivity index (χ0) is 32.2. The zero-order valence-electron chi connectivity index (χ0n) is 25.8.